The molecule has 0 aromatic heterocycles. The van der Waals surface area contributed by atoms with Crippen LogP contribution in [0.3, 0.4) is 0 Å². The summed E-state index contributed by atoms with van der Waals surface area (Å²) >= 11 is 1.64. The van der Waals surface area contributed by atoms with E-state index in [1.54, 1.807) is 11.8 Å². The first-order valence-electron chi connectivity index (χ1n) is 8.85. The minimum Gasteiger partial charge on any atom is -0.389 e. The van der Waals surface area contributed by atoms with Crippen molar-refractivity contribution in [2.45, 2.75) is 44.2 Å². The number of likely N-dealkylation sites (tertiary alicyclic amines) is 1. The molecule has 25 heavy (non-hydrogen) atoms. The molecule has 1 aliphatic rings. The molecule has 2 rings (SSSR count). The van der Waals surface area contributed by atoms with E-state index in [4.69, 9.17) is 5.26 Å². The smallest absolute Gasteiger partial charge is 0.223 e. The van der Waals surface area contributed by atoms with E-state index in [0.717, 1.165) is 37.1 Å². The van der Waals surface area contributed by atoms with Gasteiger partial charge in [0.1, 0.15) is 0 Å². The van der Waals surface area contributed by atoms with Crippen molar-refractivity contribution in [2.75, 3.05) is 18.1 Å². The Morgan fingerprint density at radius 3 is 2.92 bits per heavy atom. The van der Waals surface area contributed by atoms with Gasteiger partial charge in [-0.25, -0.2) is 0 Å². The highest BCUT2D eigenvalue weighted by Gasteiger charge is 2.28. The van der Waals surface area contributed by atoms with Gasteiger partial charge in [-0.1, -0.05) is 42.5 Å². The summed E-state index contributed by atoms with van der Waals surface area (Å²) in [7, 11) is 0. The molecule has 0 bridgehead atoms. The van der Waals surface area contributed by atoms with Gasteiger partial charge in [0.2, 0.25) is 5.91 Å². The molecule has 2 atom stereocenters. The summed E-state index contributed by atoms with van der Waals surface area (Å²) in [6.45, 7) is 0.760. The Morgan fingerprint density at radius 1 is 1.36 bits per heavy atom. The largest absolute Gasteiger partial charge is 0.389 e. The molecule has 0 radical (unpaired) electrons. The van der Waals surface area contributed by atoms with Gasteiger partial charge < -0.3 is 10.0 Å². The van der Waals surface area contributed by atoms with Crippen molar-refractivity contribution in [3.8, 4) is 6.07 Å². The molecule has 1 N–H and O–H groups in total. The van der Waals surface area contributed by atoms with Crippen LogP contribution in [0.15, 0.2) is 42.5 Å². The number of carbonyl (C=O) groups is 1. The average Bonchev–Trinajstić information content (AvgIpc) is 2.97. The summed E-state index contributed by atoms with van der Waals surface area (Å²) in [6, 6.07) is 12.1. The predicted molar refractivity (Wildman–Crippen MR) is 102 cm³/mol. The fourth-order valence-corrected chi connectivity index (χ4v) is 3.67. The highest BCUT2D eigenvalue weighted by Crippen LogP contribution is 2.21. The lowest BCUT2D eigenvalue weighted by atomic mass is 10.1. The summed E-state index contributed by atoms with van der Waals surface area (Å²) in [6.07, 6.45) is 7.28. The normalized spacial score (nSPS) is 18.6. The van der Waals surface area contributed by atoms with E-state index in [-0.39, 0.29) is 11.9 Å². The van der Waals surface area contributed by atoms with Gasteiger partial charge in [-0.2, -0.15) is 5.26 Å². The molecule has 1 fully saturated rings. The number of hydrogen-bond acceptors (Lipinski definition) is 4. The molecule has 0 aliphatic carbocycles. The first kappa shape index (κ1) is 19.6. The second-order valence-electron chi connectivity index (χ2n) is 6.25. The number of thioether (sulfide) groups is 1. The summed E-state index contributed by atoms with van der Waals surface area (Å²) in [5.74, 6) is 1.70. The maximum absolute atomic E-state index is 12.1. The molecule has 0 spiro atoms. The molecule has 1 aromatic rings. The molecule has 1 amide bonds. The number of benzene rings is 1. The standard InChI is InChI=1S/C20H26N2O2S/c21-12-15-25-14-5-4-13-22-18(9-11-20(22)24)8-10-19(23)16-17-6-2-1-3-7-17/h1-3,6-8,10,18-19,23H,4-5,9,11,13-16H2. The number of nitrogens with zero attached hydrogens (tertiary/aromatic N) is 2. The van der Waals surface area contributed by atoms with Gasteiger partial charge in [0, 0.05) is 19.4 Å². The van der Waals surface area contributed by atoms with Gasteiger partial charge in [0.05, 0.1) is 24.0 Å². The summed E-state index contributed by atoms with van der Waals surface area (Å²) in [4.78, 5) is 14.0. The Bertz CT molecular complexity index is 597. The van der Waals surface area contributed by atoms with Crippen molar-refractivity contribution >= 4 is 17.7 Å². The van der Waals surface area contributed by atoms with E-state index in [9.17, 15) is 9.90 Å². The second kappa shape index (κ2) is 11.0. The molecular weight excluding hydrogens is 332 g/mol. The monoisotopic (exact) mass is 358 g/mol. The van der Waals surface area contributed by atoms with E-state index < -0.39 is 6.10 Å². The summed E-state index contributed by atoms with van der Waals surface area (Å²) < 4.78 is 0. The Kier molecular flexibility index (Phi) is 8.58. The van der Waals surface area contributed by atoms with Crippen molar-refractivity contribution in [3.63, 3.8) is 0 Å². The van der Waals surface area contributed by atoms with Crippen LogP contribution in [0.1, 0.15) is 31.2 Å². The highest BCUT2D eigenvalue weighted by atomic mass is 32.2. The third-order valence-electron chi connectivity index (χ3n) is 4.32. The van der Waals surface area contributed by atoms with Crippen molar-refractivity contribution in [3.05, 3.63) is 48.0 Å². The van der Waals surface area contributed by atoms with Crippen molar-refractivity contribution in [1.29, 1.82) is 5.26 Å². The molecule has 2 unspecified atom stereocenters. The predicted octanol–water partition coefficient (Wildman–Crippen LogP) is 3.17. The van der Waals surface area contributed by atoms with Crippen LogP contribution in [0.5, 0.6) is 0 Å². The van der Waals surface area contributed by atoms with Crippen molar-refractivity contribution < 1.29 is 9.90 Å². The molecule has 1 heterocycles. The van der Waals surface area contributed by atoms with E-state index in [1.807, 2.05) is 47.4 Å². The zero-order chi connectivity index (χ0) is 17.9. The highest BCUT2D eigenvalue weighted by molar-refractivity contribution is 7.99. The molecular formula is C20H26N2O2S. The van der Waals surface area contributed by atoms with Crippen LogP contribution in [-0.2, 0) is 11.2 Å². The minimum absolute atomic E-state index is 0.102. The van der Waals surface area contributed by atoms with Crippen LogP contribution in [0, 0.1) is 11.3 Å². The van der Waals surface area contributed by atoms with E-state index >= 15 is 0 Å². The van der Waals surface area contributed by atoms with Gasteiger partial charge in [-0.15, -0.1) is 11.8 Å². The molecule has 1 aliphatic heterocycles. The maximum Gasteiger partial charge on any atom is 0.223 e. The SMILES string of the molecule is N#CCSCCCCN1C(=O)CCC1C=CC(O)Cc1ccccc1. The van der Waals surface area contributed by atoms with Crippen LogP contribution in [0.2, 0.25) is 0 Å². The van der Waals surface area contributed by atoms with Crippen LogP contribution in [-0.4, -0.2) is 46.1 Å². The Hall–Kier alpha value is -1.77. The lowest BCUT2D eigenvalue weighted by Gasteiger charge is -2.22. The first-order valence-corrected chi connectivity index (χ1v) is 10.0. The average molecular weight is 359 g/mol. The van der Waals surface area contributed by atoms with Gasteiger partial charge in [-0.3, -0.25) is 4.79 Å². The van der Waals surface area contributed by atoms with E-state index in [0.29, 0.717) is 18.6 Å². The van der Waals surface area contributed by atoms with Gasteiger partial charge in [-0.05, 0) is 30.6 Å². The summed E-state index contributed by atoms with van der Waals surface area (Å²) in [5.41, 5.74) is 1.11. The lowest BCUT2D eigenvalue weighted by Crippen LogP contribution is -2.33. The van der Waals surface area contributed by atoms with Crippen LogP contribution >= 0.6 is 11.8 Å². The lowest BCUT2D eigenvalue weighted by molar-refractivity contribution is -0.128. The quantitative estimate of drug-likeness (QED) is 0.515. The maximum atomic E-state index is 12.1. The van der Waals surface area contributed by atoms with Crippen molar-refractivity contribution in [2.24, 2.45) is 0 Å². The molecule has 1 aromatic carbocycles. The molecule has 1 saturated heterocycles. The molecule has 5 heteroatoms. The number of unbranched alkanes of at least 4 members (excludes halogenated alkanes) is 1. The third kappa shape index (κ3) is 6.93. The van der Waals surface area contributed by atoms with Gasteiger partial charge in [0.25, 0.3) is 0 Å². The van der Waals surface area contributed by atoms with Crippen molar-refractivity contribution in [1.82, 2.24) is 4.90 Å². The summed E-state index contributed by atoms with van der Waals surface area (Å²) in [5, 5.41) is 18.7. The Labute approximate surface area is 154 Å². The Morgan fingerprint density at radius 2 is 2.16 bits per heavy atom. The topological polar surface area (TPSA) is 64.3 Å². The zero-order valence-corrected chi connectivity index (χ0v) is 15.3. The minimum atomic E-state index is -0.526. The second-order valence-corrected chi connectivity index (χ2v) is 7.36. The van der Waals surface area contributed by atoms with Gasteiger partial charge >= 0.3 is 0 Å². The number of hydrogen-bond donors (Lipinski definition) is 1. The van der Waals surface area contributed by atoms with Crippen LogP contribution in [0.4, 0.5) is 0 Å². The Balaban J connectivity index is 1.76. The van der Waals surface area contributed by atoms with E-state index in [1.165, 1.54) is 0 Å². The molecule has 0 saturated carbocycles. The number of nitriles is 1. The number of aliphatic hydroxyl groups excluding tert-OH is 1. The fourth-order valence-electron chi connectivity index (χ4n) is 3.03. The zero-order valence-electron chi connectivity index (χ0n) is 14.5. The number of carbonyl (C=O) groups excluding carboxylic acids is 1. The molecule has 134 valence electrons. The number of rotatable bonds is 10. The molecule has 4 nitrogen and oxygen atoms in total. The first-order chi connectivity index (χ1) is 12.2. The fraction of sp³-hybridized carbons (Fsp3) is 0.500. The van der Waals surface area contributed by atoms with E-state index in [2.05, 4.69) is 6.07 Å². The van der Waals surface area contributed by atoms with Gasteiger partial charge in [0.15, 0.2) is 0 Å². The third-order valence-corrected chi connectivity index (χ3v) is 5.23. The van der Waals surface area contributed by atoms with Crippen LogP contribution in [0.25, 0.3) is 0 Å². The van der Waals surface area contributed by atoms with Crippen LogP contribution < -0.4 is 0 Å². The number of amides is 1. The number of aliphatic hydroxyl groups is 1.